The fourth-order valence-corrected chi connectivity index (χ4v) is 2.74. The van der Waals surface area contributed by atoms with Crippen molar-refractivity contribution in [2.75, 3.05) is 44.3 Å². The van der Waals surface area contributed by atoms with Crippen molar-refractivity contribution < 1.29 is 19.1 Å². The molecule has 0 radical (unpaired) electrons. The summed E-state index contributed by atoms with van der Waals surface area (Å²) in [4.78, 5) is 27.0. The molecule has 2 aliphatic rings. The lowest BCUT2D eigenvalue weighted by Crippen LogP contribution is -2.49. The molecule has 0 unspecified atom stereocenters. The minimum atomic E-state index is -0.468. The van der Waals surface area contributed by atoms with Crippen molar-refractivity contribution >= 4 is 17.5 Å². The van der Waals surface area contributed by atoms with E-state index in [1.807, 2.05) is 23.6 Å². The highest BCUT2D eigenvalue weighted by molar-refractivity contribution is 5.96. The number of hydrogen-bond acceptors (Lipinski definition) is 6. The summed E-state index contributed by atoms with van der Waals surface area (Å²) in [7, 11) is 0. The largest absolute Gasteiger partial charge is 0.486 e. The number of nitrogens with one attached hydrogen (secondary N) is 1. The molecule has 124 valence electrons. The highest BCUT2D eigenvalue weighted by Crippen LogP contribution is 2.34. The fraction of sp³-hybridized carbons (Fsp3) is 0.467. The van der Waals surface area contributed by atoms with Gasteiger partial charge in [-0.05, 0) is 12.1 Å². The van der Waals surface area contributed by atoms with Crippen LogP contribution in [0.1, 0.15) is 6.42 Å². The molecule has 8 nitrogen and oxygen atoms in total. The normalized spacial score (nSPS) is 16.9. The number of nitrogens with zero attached hydrogens (tertiary/aromatic N) is 2. The van der Waals surface area contributed by atoms with Crippen LogP contribution in [0.4, 0.5) is 5.69 Å². The lowest BCUT2D eigenvalue weighted by Gasteiger charge is -2.36. The van der Waals surface area contributed by atoms with Crippen molar-refractivity contribution in [2.45, 2.75) is 6.42 Å². The average Bonchev–Trinajstić information content (AvgIpc) is 2.61. The summed E-state index contributed by atoms with van der Waals surface area (Å²) in [6, 6.07) is 5.87. The number of fused-ring (bicyclic) bond motifs is 1. The van der Waals surface area contributed by atoms with Crippen molar-refractivity contribution in [3.05, 3.63) is 18.2 Å². The molecule has 0 atom stereocenters. The average molecular weight is 320 g/mol. The second-order valence-electron chi connectivity index (χ2n) is 5.44. The Hall–Kier alpha value is -2.48. The highest BCUT2D eigenvalue weighted by Gasteiger charge is 2.23. The third-order valence-electron chi connectivity index (χ3n) is 4.00. The Balaban J connectivity index is 1.58. The molecule has 0 bridgehead atoms. The second-order valence-corrected chi connectivity index (χ2v) is 5.44. The van der Waals surface area contributed by atoms with Crippen LogP contribution < -0.4 is 25.6 Å². The Morgan fingerprint density at radius 2 is 1.78 bits per heavy atom. The first-order valence-electron chi connectivity index (χ1n) is 7.59. The van der Waals surface area contributed by atoms with E-state index in [9.17, 15) is 9.59 Å². The van der Waals surface area contributed by atoms with E-state index in [0.717, 1.165) is 17.2 Å². The van der Waals surface area contributed by atoms with Crippen molar-refractivity contribution in [1.82, 2.24) is 10.3 Å². The molecule has 2 heterocycles. The van der Waals surface area contributed by atoms with Gasteiger partial charge in [0.2, 0.25) is 11.8 Å². The van der Waals surface area contributed by atoms with Crippen LogP contribution in [0.15, 0.2) is 18.2 Å². The minimum Gasteiger partial charge on any atom is -0.486 e. The molecular formula is C15H20N4O4. The molecule has 1 fully saturated rings. The van der Waals surface area contributed by atoms with Crippen molar-refractivity contribution in [3.63, 3.8) is 0 Å². The molecule has 0 aromatic heterocycles. The number of carbonyl (C=O) groups excluding carboxylic acids is 2. The summed E-state index contributed by atoms with van der Waals surface area (Å²) >= 11 is 0. The third kappa shape index (κ3) is 3.48. The zero-order valence-corrected chi connectivity index (χ0v) is 12.8. The van der Waals surface area contributed by atoms with E-state index in [2.05, 4.69) is 4.90 Å². The molecule has 8 heteroatoms. The third-order valence-corrected chi connectivity index (χ3v) is 4.00. The van der Waals surface area contributed by atoms with Crippen LogP contribution in [-0.4, -0.2) is 56.1 Å². The minimum absolute atomic E-state index is 0.199. The number of ether oxygens (including phenoxy) is 2. The number of hydrogen-bond donors (Lipinski definition) is 2. The summed E-state index contributed by atoms with van der Waals surface area (Å²) in [5.74, 6) is 5.86. The molecule has 2 aliphatic heterocycles. The predicted molar refractivity (Wildman–Crippen MR) is 83.2 cm³/mol. The first-order valence-corrected chi connectivity index (χ1v) is 7.59. The zero-order chi connectivity index (χ0) is 16.2. The van der Waals surface area contributed by atoms with E-state index in [1.165, 1.54) is 0 Å². The van der Waals surface area contributed by atoms with Crippen molar-refractivity contribution in [1.29, 1.82) is 0 Å². The van der Waals surface area contributed by atoms with Gasteiger partial charge in [0.15, 0.2) is 11.5 Å². The van der Waals surface area contributed by atoms with Gasteiger partial charge >= 0.3 is 0 Å². The van der Waals surface area contributed by atoms with Gasteiger partial charge in [-0.3, -0.25) is 15.0 Å². The summed E-state index contributed by atoms with van der Waals surface area (Å²) in [5.41, 5.74) is 3.02. The van der Waals surface area contributed by atoms with Gasteiger partial charge < -0.3 is 19.3 Å². The Morgan fingerprint density at radius 3 is 2.48 bits per heavy atom. The van der Waals surface area contributed by atoms with Gasteiger partial charge in [0, 0.05) is 37.9 Å². The van der Waals surface area contributed by atoms with E-state index in [-0.39, 0.29) is 12.3 Å². The van der Waals surface area contributed by atoms with Gasteiger partial charge in [-0.1, -0.05) is 0 Å². The maximum absolute atomic E-state index is 12.0. The van der Waals surface area contributed by atoms with Crippen LogP contribution in [0.5, 0.6) is 11.5 Å². The second kappa shape index (κ2) is 6.74. The van der Waals surface area contributed by atoms with Crippen LogP contribution in [-0.2, 0) is 9.59 Å². The number of anilines is 1. The quantitative estimate of drug-likeness (QED) is 0.337. The molecule has 0 spiro atoms. The topological polar surface area (TPSA) is 97.1 Å². The van der Waals surface area contributed by atoms with E-state index in [4.69, 9.17) is 15.3 Å². The first kappa shape index (κ1) is 15.4. The first-order chi connectivity index (χ1) is 11.2. The molecule has 3 rings (SSSR count). The van der Waals surface area contributed by atoms with Crippen LogP contribution in [0, 0.1) is 0 Å². The van der Waals surface area contributed by atoms with E-state index in [0.29, 0.717) is 39.4 Å². The van der Waals surface area contributed by atoms with Gasteiger partial charge in [-0.2, -0.15) is 0 Å². The Kier molecular flexibility index (Phi) is 4.52. The Morgan fingerprint density at radius 1 is 1.09 bits per heavy atom. The van der Waals surface area contributed by atoms with E-state index in [1.54, 1.807) is 4.90 Å². The number of amides is 2. The Bertz CT molecular complexity index is 599. The summed E-state index contributed by atoms with van der Waals surface area (Å²) in [6.07, 6.45) is -0.208. The van der Waals surface area contributed by atoms with Gasteiger partial charge in [-0.15, -0.1) is 0 Å². The van der Waals surface area contributed by atoms with Crippen molar-refractivity contribution in [3.8, 4) is 11.5 Å². The number of nitrogens with two attached hydrogens (primary N) is 1. The number of hydrazine groups is 1. The summed E-state index contributed by atoms with van der Waals surface area (Å²) < 4.78 is 11.1. The molecule has 1 aromatic carbocycles. The van der Waals surface area contributed by atoms with Gasteiger partial charge in [-0.25, -0.2) is 5.84 Å². The maximum Gasteiger partial charge on any atom is 0.243 e. The number of carbonyl (C=O) groups is 2. The molecule has 3 N–H and O–H groups in total. The molecule has 1 aromatic rings. The molecule has 0 aliphatic carbocycles. The summed E-state index contributed by atoms with van der Waals surface area (Å²) in [6.45, 7) is 3.69. The smallest absolute Gasteiger partial charge is 0.243 e. The van der Waals surface area contributed by atoms with E-state index >= 15 is 0 Å². The van der Waals surface area contributed by atoms with Gasteiger partial charge in [0.1, 0.15) is 19.6 Å². The van der Waals surface area contributed by atoms with E-state index < -0.39 is 5.91 Å². The number of benzene rings is 1. The van der Waals surface area contributed by atoms with Crippen LogP contribution in [0.2, 0.25) is 0 Å². The lowest BCUT2D eigenvalue weighted by atomic mass is 10.2. The van der Waals surface area contributed by atoms with Crippen LogP contribution in [0.3, 0.4) is 0 Å². The van der Waals surface area contributed by atoms with Gasteiger partial charge in [0.05, 0.1) is 0 Å². The summed E-state index contributed by atoms with van der Waals surface area (Å²) in [5, 5.41) is 0. The lowest BCUT2D eigenvalue weighted by molar-refractivity contribution is -0.136. The predicted octanol–water partition coefficient (Wildman–Crippen LogP) is -0.514. The molecule has 2 amide bonds. The van der Waals surface area contributed by atoms with Crippen LogP contribution >= 0.6 is 0 Å². The molecule has 0 saturated carbocycles. The fourth-order valence-electron chi connectivity index (χ4n) is 2.74. The molecular weight excluding hydrogens is 300 g/mol. The maximum atomic E-state index is 12.0. The molecule has 23 heavy (non-hydrogen) atoms. The number of piperazine rings is 1. The van der Waals surface area contributed by atoms with Gasteiger partial charge in [0.25, 0.3) is 0 Å². The zero-order valence-electron chi connectivity index (χ0n) is 12.8. The Labute approximate surface area is 134 Å². The molecule has 1 saturated heterocycles. The van der Waals surface area contributed by atoms with Crippen LogP contribution in [0.25, 0.3) is 0 Å². The highest BCUT2D eigenvalue weighted by atomic mass is 16.6. The SMILES string of the molecule is NNC(=O)CC(=O)N1CCN(c2ccc3c(c2)OCCO3)CC1. The number of rotatable bonds is 3. The standard InChI is InChI=1S/C15H20N4O4/c16-17-14(20)10-15(21)19-5-3-18(4-6-19)11-1-2-12-13(9-11)23-8-7-22-12/h1-2,9H,3-8,10,16H2,(H,17,20). The monoisotopic (exact) mass is 320 g/mol. The van der Waals surface area contributed by atoms with Crippen molar-refractivity contribution in [2.24, 2.45) is 5.84 Å².